The van der Waals surface area contributed by atoms with Crippen molar-refractivity contribution < 1.29 is 19.4 Å². The largest absolute Gasteiger partial charge is 0.481 e. The number of nitrogens with zero attached hydrogens (tertiary/aromatic N) is 4. The summed E-state index contributed by atoms with van der Waals surface area (Å²) in [6.45, 7) is 1.51. The summed E-state index contributed by atoms with van der Waals surface area (Å²) in [5.41, 5.74) is 7.82. The summed E-state index contributed by atoms with van der Waals surface area (Å²) in [5, 5.41) is 8.80. The number of carboxylic acid groups (broad SMARTS) is 1. The van der Waals surface area contributed by atoms with Gasteiger partial charge in [-0.2, -0.15) is 4.99 Å². The summed E-state index contributed by atoms with van der Waals surface area (Å²) in [7, 11) is 1.63. The molecule has 1 aromatic carbocycles. The molecular weight excluding hydrogens is 386 g/mol. The third-order valence-electron chi connectivity index (χ3n) is 4.65. The first kappa shape index (κ1) is 21.3. The number of allylic oxidation sites excluding steroid dienone is 1. The number of rotatable bonds is 8. The van der Waals surface area contributed by atoms with Crippen molar-refractivity contribution in [3.8, 4) is 0 Å². The summed E-state index contributed by atoms with van der Waals surface area (Å²) in [4.78, 5) is 35.4. The number of aliphatic imine (C=N–C) groups is 2. The van der Waals surface area contributed by atoms with E-state index in [-0.39, 0.29) is 18.7 Å². The number of ether oxygens (including phenoxy) is 1. The molecule has 0 atom stereocenters. The van der Waals surface area contributed by atoms with Crippen LogP contribution >= 0.6 is 0 Å². The third kappa shape index (κ3) is 5.12. The topological polar surface area (TPSA) is 121 Å². The predicted molar refractivity (Wildman–Crippen MR) is 115 cm³/mol. The Labute approximate surface area is 174 Å². The number of carbonyl (C=O) groups excluding carboxylic acids is 1. The molecule has 0 aromatic heterocycles. The molecule has 0 aliphatic carbocycles. The van der Waals surface area contributed by atoms with Crippen molar-refractivity contribution in [2.75, 3.05) is 31.8 Å². The van der Waals surface area contributed by atoms with E-state index in [0.717, 1.165) is 17.6 Å². The van der Waals surface area contributed by atoms with Crippen molar-refractivity contribution in [1.82, 2.24) is 4.90 Å². The minimum absolute atomic E-state index is 0.0577. The molecule has 0 saturated heterocycles. The molecule has 30 heavy (non-hydrogen) atoms. The number of benzene rings is 1. The molecule has 0 fully saturated rings. The van der Waals surface area contributed by atoms with Crippen LogP contribution in [0.15, 0.2) is 52.3 Å². The van der Waals surface area contributed by atoms with Crippen LogP contribution < -0.4 is 10.6 Å². The molecule has 0 bridgehead atoms. The van der Waals surface area contributed by atoms with E-state index < -0.39 is 5.97 Å². The Morgan fingerprint density at radius 2 is 2.17 bits per heavy atom. The predicted octanol–water partition coefficient (Wildman–Crippen LogP) is 1.82. The number of nitrogens with two attached hydrogens (primary N) is 1. The molecule has 0 radical (unpaired) electrons. The summed E-state index contributed by atoms with van der Waals surface area (Å²) in [5.74, 6) is -0.0316. The van der Waals surface area contributed by atoms with Crippen LogP contribution in [-0.4, -0.2) is 60.9 Å². The second-order valence-corrected chi connectivity index (χ2v) is 6.81. The van der Waals surface area contributed by atoms with E-state index in [2.05, 4.69) is 9.98 Å². The normalized spacial score (nSPS) is 15.0. The highest BCUT2D eigenvalue weighted by atomic mass is 16.5. The summed E-state index contributed by atoms with van der Waals surface area (Å²) in [6.07, 6.45) is 5.92. The van der Waals surface area contributed by atoms with Gasteiger partial charge in [-0.1, -0.05) is 12.1 Å². The first-order chi connectivity index (χ1) is 14.5. The highest BCUT2D eigenvalue weighted by Crippen LogP contribution is 2.29. The van der Waals surface area contributed by atoms with Crippen molar-refractivity contribution in [1.29, 1.82) is 0 Å². The fourth-order valence-corrected chi connectivity index (χ4v) is 2.99. The lowest BCUT2D eigenvalue weighted by atomic mass is 10.0. The van der Waals surface area contributed by atoms with Crippen LogP contribution in [-0.2, 0) is 14.3 Å². The number of carboxylic acids is 1. The first-order valence-electron chi connectivity index (χ1n) is 9.69. The van der Waals surface area contributed by atoms with Crippen LogP contribution in [0.2, 0.25) is 0 Å². The maximum absolute atomic E-state index is 12.3. The minimum Gasteiger partial charge on any atom is -0.481 e. The summed E-state index contributed by atoms with van der Waals surface area (Å²) >= 11 is 0. The minimum atomic E-state index is -0.997. The Morgan fingerprint density at radius 1 is 1.33 bits per heavy atom. The Kier molecular flexibility index (Phi) is 6.97. The first-order valence-corrected chi connectivity index (χ1v) is 9.69. The zero-order chi connectivity index (χ0) is 21.5. The number of carbonyl (C=O) groups is 2. The number of aliphatic carboxylic acids is 1. The van der Waals surface area contributed by atoms with Crippen LogP contribution in [0.5, 0.6) is 0 Å². The molecule has 2 heterocycles. The Hall–Kier alpha value is -3.46. The lowest BCUT2D eigenvalue weighted by Crippen LogP contribution is -2.27. The van der Waals surface area contributed by atoms with E-state index in [1.54, 1.807) is 25.4 Å². The highest BCUT2D eigenvalue weighted by molar-refractivity contribution is 6.12. The van der Waals surface area contributed by atoms with E-state index >= 15 is 0 Å². The fraction of sp³-hybridized carbons (Fsp3) is 0.333. The van der Waals surface area contributed by atoms with Crippen LogP contribution in [0.4, 0.5) is 5.69 Å². The maximum atomic E-state index is 12.3. The van der Waals surface area contributed by atoms with E-state index in [1.807, 2.05) is 29.3 Å². The Bertz CT molecular complexity index is 935. The molecule has 158 valence electrons. The highest BCUT2D eigenvalue weighted by Gasteiger charge is 2.21. The van der Waals surface area contributed by atoms with Crippen molar-refractivity contribution >= 4 is 35.2 Å². The smallest absolute Gasteiger partial charge is 0.303 e. The molecule has 1 aromatic rings. The van der Waals surface area contributed by atoms with Crippen LogP contribution in [0.3, 0.4) is 0 Å². The second kappa shape index (κ2) is 9.84. The molecule has 9 heteroatoms. The second-order valence-electron chi connectivity index (χ2n) is 6.81. The van der Waals surface area contributed by atoms with Crippen molar-refractivity contribution in [3.05, 3.63) is 47.9 Å². The average Bonchev–Trinajstić information content (AvgIpc) is 2.76. The van der Waals surface area contributed by atoms with E-state index in [4.69, 9.17) is 15.6 Å². The van der Waals surface area contributed by atoms with Gasteiger partial charge in [0, 0.05) is 43.2 Å². The van der Waals surface area contributed by atoms with Gasteiger partial charge in [0.25, 0.3) is 0 Å². The number of hydrogen-bond acceptors (Lipinski definition) is 7. The lowest BCUT2D eigenvalue weighted by Gasteiger charge is -2.27. The molecule has 3 rings (SSSR count). The van der Waals surface area contributed by atoms with Gasteiger partial charge in [-0.25, -0.2) is 0 Å². The molecular formula is C21H25N5O4. The van der Waals surface area contributed by atoms with Crippen LogP contribution in [0, 0.1) is 0 Å². The Balaban J connectivity index is 1.86. The number of amides is 1. The number of anilines is 1. The van der Waals surface area contributed by atoms with Crippen LogP contribution in [0.25, 0.3) is 5.57 Å². The van der Waals surface area contributed by atoms with E-state index in [0.29, 0.717) is 37.2 Å². The van der Waals surface area contributed by atoms with Gasteiger partial charge in [-0.15, -0.1) is 0 Å². The van der Waals surface area contributed by atoms with Gasteiger partial charge in [0.15, 0.2) is 0 Å². The van der Waals surface area contributed by atoms with Gasteiger partial charge in [-0.3, -0.25) is 14.6 Å². The van der Waals surface area contributed by atoms with Crippen molar-refractivity contribution in [2.24, 2.45) is 15.7 Å². The molecule has 0 spiro atoms. The molecule has 1 amide bonds. The molecule has 2 aliphatic rings. The molecule has 0 unspecified atom stereocenters. The van der Waals surface area contributed by atoms with Crippen LogP contribution in [0.1, 0.15) is 24.8 Å². The standard InChI is InChI=1S/C21H25N5O4/c1-25(19(27)6-7-20(28)29)16-5-2-4-15(12-16)17-13-23-14-26-10-8-18(24-21(17)26)30-11-3-9-22/h2,4-5,8,10,12-13H,3,6-7,9,11,14,22H2,1H3,(H,28,29). The van der Waals surface area contributed by atoms with E-state index in [1.165, 1.54) is 4.90 Å². The van der Waals surface area contributed by atoms with Crippen molar-refractivity contribution in [2.45, 2.75) is 19.3 Å². The van der Waals surface area contributed by atoms with Gasteiger partial charge in [0.1, 0.15) is 12.5 Å². The lowest BCUT2D eigenvalue weighted by molar-refractivity contribution is -0.138. The monoisotopic (exact) mass is 411 g/mol. The number of hydrogen-bond donors (Lipinski definition) is 2. The quantitative estimate of drug-likeness (QED) is 0.630. The van der Waals surface area contributed by atoms with Crippen molar-refractivity contribution in [3.63, 3.8) is 0 Å². The van der Waals surface area contributed by atoms with Gasteiger partial charge in [0.05, 0.1) is 13.0 Å². The maximum Gasteiger partial charge on any atom is 0.303 e. The van der Waals surface area contributed by atoms with Gasteiger partial charge in [0.2, 0.25) is 11.8 Å². The summed E-state index contributed by atoms with van der Waals surface area (Å²) < 4.78 is 5.67. The zero-order valence-corrected chi connectivity index (χ0v) is 16.8. The fourth-order valence-electron chi connectivity index (χ4n) is 2.99. The average molecular weight is 411 g/mol. The SMILES string of the molecule is CN(C(=O)CCC(=O)O)c1cccc(C2=C3N=C(OCCCN)C=CN3CN=C2)c1. The third-order valence-corrected chi connectivity index (χ3v) is 4.65. The van der Waals surface area contributed by atoms with Gasteiger partial charge in [-0.05, 0) is 30.7 Å². The molecule has 3 N–H and O–H groups in total. The molecule has 0 saturated carbocycles. The van der Waals surface area contributed by atoms with Gasteiger partial charge >= 0.3 is 5.97 Å². The zero-order valence-electron chi connectivity index (χ0n) is 16.8. The molecule has 2 aliphatic heterocycles. The van der Waals surface area contributed by atoms with E-state index in [9.17, 15) is 9.59 Å². The number of fused-ring (bicyclic) bond motifs is 1. The summed E-state index contributed by atoms with van der Waals surface area (Å²) in [6, 6.07) is 7.42. The Morgan fingerprint density at radius 3 is 2.93 bits per heavy atom. The molecule has 9 nitrogen and oxygen atoms in total. The van der Waals surface area contributed by atoms with Gasteiger partial charge < -0.3 is 25.4 Å².